The van der Waals surface area contributed by atoms with Gasteiger partial charge in [-0.3, -0.25) is 9.36 Å². The lowest BCUT2D eigenvalue weighted by Gasteiger charge is -2.11. The van der Waals surface area contributed by atoms with E-state index >= 15 is 0 Å². The van der Waals surface area contributed by atoms with Gasteiger partial charge in [0, 0.05) is 11.1 Å². The Bertz CT molecular complexity index is 1280. The molecule has 0 unspecified atom stereocenters. The van der Waals surface area contributed by atoms with Crippen LogP contribution in [0, 0.1) is 24.1 Å². The number of nitriles is 1. The van der Waals surface area contributed by atoms with Gasteiger partial charge in [-0.05, 0) is 24.6 Å². The Balaban J connectivity index is 1.61. The molecule has 6 nitrogen and oxygen atoms in total. The monoisotopic (exact) mass is 463 g/mol. The van der Waals surface area contributed by atoms with E-state index in [1.807, 2.05) is 42.6 Å². The molecule has 0 spiro atoms. The summed E-state index contributed by atoms with van der Waals surface area (Å²) in [6.07, 6.45) is 0. The van der Waals surface area contributed by atoms with Crippen molar-refractivity contribution in [3.05, 3.63) is 82.1 Å². The molecule has 0 saturated carbocycles. The molecular weight excluding hydrogens is 445 g/mol. The third-order valence-corrected chi connectivity index (χ3v) is 6.71. The standard InChI is InChI=1S/C23H18FN5OS2/c1-15-13-31-22(26-15)18(11-25)20(30)14-32-23-28-27-21(17-9-5-6-10-19(17)24)29(23)12-16-7-3-2-4-8-16/h2-10,13,18H,12,14H2,1H3/t18-/m1/s1. The van der Waals surface area contributed by atoms with Gasteiger partial charge in [-0.25, -0.2) is 9.37 Å². The Labute approximate surface area is 192 Å². The normalized spacial score (nSPS) is 11.8. The Hall–Kier alpha value is -3.35. The molecule has 0 aliphatic rings. The highest BCUT2D eigenvalue weighted by molar-refractivity contribution is 7.99. The van der Waals surface area contributed by atoms with Crippen molar-refractivity contribution in [2.24, 2.45) is 0 Å². The largest absolute Gasteiger partial charge is 0.297 e. The number of carbonyl (C=O) groups is 1. The molecule has 0 saturated heterocycles. The number of hydrogen-bond acceptors (Lipinski definition) is 7. The molecule has 0 aliphatic carbocycles. The highest BCUT2D eigenvalue weighted by Crippen LogP contribution is 2.29. The summed E-state index contributed by atoms with van der Waals surface area (Å²) < 4.78 is 16.3. The van der Waals surface area contributed by atoms with E-state index in [2.05, 4.69) is 21.3 Å². The molecule has 32 heavy (non-hydrogen) atoms. The van der Waals surface area contributed by atoms with E-state index in [0.717, 1.165) is 11.3 Å². The molecule has 4 rings (SSSR count). The van der Waals surface area contributed by atoms with Crippen LogP contribution in [0.1, 0.15) is 22.2 Å². The van der Waals surface area contributed by atoms with Crippen LogP contribution in [0.15, 0.2) is 65.1 Å². The van der Waals surface area contributed by atoms with E-state index in [-0.39, 0.29) is 11.5 Å². The van der Waals surface area contributed by atoms with Gasteiger partial charge >= 0.3 is 0 Å². The summed E-state index contributed by atoms with van der Waals surface area (Å²) in [5.74, 6) is -1.16. The number of thiazole rings is 1. The molecule has 2 heterocycles. The SMILES string of the molecule is Cc1csc([C@H](C#N)C(=O)CSc2nnc(-c3ccccc3F)n2Cc2ccccc2)n1. The maximum absolute atomic E-state index is 14.5. The van der Waals surface area contributed by atoms with Crippen molar-refractivity contribution >= 4 is 28.9 Å². The van der Waals surface area contributed by atoms with E-state index in [9.17, 15) is 14.4 Å². The van der Waals surface area contributed by atoms with E-state index < -0.39 is 11.7 Å². The van der Waals surface area contributed by atoms with Crippen LogP contribution in [0.2, 0.25) is 0 Å². The third kappa shape index (κ3) is 4.77. The predicted molar refractivity (Wildman–Crippen MR) is 122 cm³/mol. The van der Waals surface area contributed by atoms with Crippen molar-refractivity contribution in [3.8, 4) is 17.5 Å². The fourth-order valence-corrected chi connectivity index (χ4v) is 4.84. The Morgan fingerprint density at radius 3 is 2.62 bits per heavy atom. The Morgan fingerprint density at radius 2 is 1.94 bits per heavy atom. The summed E-state index contributed by atoms with van der Waals surface area (Å²) in [5.41, 5.74) is 2.11. The van der Waals surface area contributed by atoms with Crippen molar-refractivity contribution in [2.75, 3.05) is 5.75 Å². The number of carbonyl (C=O) groups excluding carboxylic acids is 1. The van der Waals surface area contributed by atoms with E-state index in [1.165, 1.54) is 29.2 Å². The van der Waals surface area contributed by atoms with Crippen molar-refractivity contribution in [1.82, 2.24) is 19.7 Å². The number of Topliss-reactive ketones (excluding diaryl/α,β-unsaturated/α-hetero) is 1. The van der Waals surface area contributed by atoms with Gasteiger partial charge in [-0.2, -0.15) is 5.26 Å². The molecule has 0 bridgehead atoms. The van der Waals surface area contributed by atoms with Crippen molar-refractivity contribution in [3.63, 3.8) is 0 Å². The molecule has 9 heteroatoms. The number of nitrogens with zero attached hydrogens (tertiary/aromatic N) is 5. The number of rotatable bonds is 8. The molecule has 0 N–H and O–H groups in total. The first-order chi connectivity index (χ1) is 15.6. The maximum Gasteiger partial charge on any atom is 0.192 e. The highest BCUT2D eigenvalue weighted by Gasteiger charge is 2.25. The zero-order valence-corrected chi connectivity index (χ0v) is 18.7. The van der Waals surface area contributed by atoms with E-state index in [0.29, 0.717) is 28.1 Å². The Kier molecular flexibility index (Phi) is 6.73. The third-order valence-electron chi connectivity index (χ3n) is 4.69. The van der Waals surface area contributed by atoms with Gasteiger partial charge in [0.15, 0.2) is 22.7 Å². The predicted octanol–water partition coefficient (Wildman–Crippen LogP) is 4.87. The summed E-state index contributed by atoms with van der Waals surface area (Å²) in [6.45, 7) is 2.24. The van der Waals surface area contributed by atoms with Gasteiger partial charge in [0.2, 0.25) is 0 Å². The van der Waals surface area contributed by atoms with Gasteiger partial charge in [-0.15, -0.1) is 21.5 Å². The summed E-state index contributed by atoms with van der Waals surface area (Å²) >= 11 is 2.49. The van der Waals surface area contributed by atoms with Crippen LogP contribution in [-0.4, -0.2) is 31.3 Å². The number of benzene rings is 2. The topological polar surface area (TPSA) is 84.5 Å². The van der Waals surface area contributed by atoms with E-state index in [1.54, 1.807) is 22.8 Å². The van der Waals surface area contributed by atoms with Crippen LogP contribution in [0.25, 0.3) is 11.4 Å². The zero-order valence-electron chi connectivity index (χ0n) is 17.1. The summed E-state index contributed by atoms with van der Waals surface area (Å²) in [5, 5.41) is 20.7. The van der Waals surface area contributed by atoms with Gasteiger partial charge in [-0.1, -0.05) is 54.2 Å². The molecule has 0 fully saturated rings. The number of aryl methyl sites for hydroxylation is 1. The minimum absolute atomic E-state index is 0.0288. The smallest absolute Gasteiger partial charge is 0.192 e. The number of halogens is 1. The number of aromatic nitrogens is 4. The van der Waals surface area contributed by atoms with Gasteiger partial charge in [0.1, 0.15) is 10.8 Å². The highest BCUT2D eigenvalue weighted by atomic mass is 32.2. The summed E-state index contributed by atoms with van der Waals surface area (Å²) in [4.78, 5) is 17.0. The minimum Gasteiger partial charge on any atom is -0.297 e. The average molecular weight is 464 g/mol. The van der Waals surface area contributed by atoms with Gasteiger partial charge in [0.05, 0.1) is 23.9 Å². The lowest BCUT2D eigenvalue weighted by molar-refractivity contribution is -0.116. The fourth-order valence-electron chi connectivity index (χ4n) is 3.13. The quantitative estimate of drug-likeness (QED) is 0.347. The Morgan fingerprint density at radius 1 is 1.19 bits per heavy atom. The first kappa shape index (κ1) is 21.9. The first-order valence-corrected chi connectivity index (χ1v) is 11.6. The van der Waals surface area contributed by atoms with Gasteiger partial charge < -0.3 is 0 Å². The summed E-state index contributed by atoms with van der Waals surface area (Å²) in [7, 11) is 0. The maximum atomic E-state index is 14.5. The molecule has 0 amide bonds. The van der Waals surface area contributed by atoms with Crippen LogP contribution < -0.4 is 0 Å². The average Bonchev–Trinajstić information content (AvgIpc) is 3.40. The van der Waals surface area contributed by atoms with Crippen molar-refractivity contribution in [1.29, 1.82) is 5.26 Å². The molecule has 2 aromatic carbocycles. The van der Waals surface area contributed by atoms with Crippen LogP contribution in [0.5, 0.6) is 0 Å². The summed E-state index contributed by atoms with van der Waals surface area (Å²) in [6, 6.07) is 18.1. The molecule has 160 valence electrons. The molecule has 2 aromatic heterocycles. The molecule has 0 radical (unpaired) electrons. The van der Waals surface area contributed by atoms with Crippen LogP contribution in [0.4, 0.5) is 4.39 Å². The van der Waals surface area contributed by atoms with Gasteiger partial charge in [0.25, 0.3) is 0 Å². The molecular formula is C23H18FN5OS2. The molecule has 1 atom stereocenters. The second kappa shape index (κ2) is 9.85. The van der Waals surface area contributed by atoms with E-state index in [4.69, 9.17) is 0 Å². The van der Waals surface area contributed by atoms with Crippen molar-refractivity contribution < 1.29 is 9.18 Å². The zero-order chi connectivity index (χ0) is 22.5. The fraction of sp³-hybridized carbons (Fsp3) is 0.174. The second-order valence-electron chi connectivity index (χ2n) is 7.00. The number of ketones is 1. The van der Waals surface area contributed by atoms with Crippen LogP contribution >= 0.6 is 23.1 Å². The number of hydrogen-bond donors (Lipinski definition) is 0. The number of thioether (sulfide) groups is 1. The minimum atomic E-state index is -0.919. The van der Waals surface area contributed by atoms with Crippen LogP contribution in [-0.2, 0) is 11.3 Å². The first-order valence-electron chi connectivity index (χ1n) is 9.76. The lowest BCUT2D eigenvalue weighted by atomic mass is 10.1. The van der Waals surface area contributed by atoms with Crippen molar-refractivity contribution in [2.45, 2.75) is 24.5 Å². The molecule has 4 aromatic rings. The lowest BCUT2D eigenvalue weighted by Crippen LogP contribution is -2.14. The molecule has 0 aliphatic heterocycles. The van der Waals surface area contributed by atoms with Crippen LogP contribution in [0.3, 0.4) is 0 Å². The second-order valence-corrected chi connectivity index (χ2v) is 8.83.